The van der Waals surface area contributed by atoms with Crippen LogP contribution in [0.2, 0.25) is 5.02 Å². The lowest BCUT2D eigenvalue weighted by molar-refractivity contribution is -0.136. The van der Waals surface area contributed by atoms with E-state index in [0.717, 1.165) is 34.2 Å². The van der Waals surface area contributed by atoms with Crippen molar-refractivity contribution in [3.8, 4) is 11.1 Å². The Balaban J connectivity index is 1.32. The number of carboxylic acids is 1. The maximum absolute atomic E-state index is 14.3. The van der Waals surface area contributed by atoms with Crippen molar-refractivity contribution in [2.45, 2.75) is 44.8 Å². The second-order valence-electron chi connectivity index (χ2n) is 11.6. The number of carbonyl (C=O) groups is 3. The first-order valence-corrected chi connectivity index (χ1v) is 17.1. The number of carbonyl (C=O) groups excluding carboxylic acids is 2. The van der Waals surface area contributed by atoms with Crippen molar-refractivity contribution in [3.05, 3.63) is 91.0 Å². The van der Waals surface area contributed by atoms with Gasteiger partial charge in [0.05, 0.1) is 28.3 Å². The van der Waals surface area contributed by atoms with Crippen molar-refractivity contribution in [2.24, 2.45) is 0 Å². The maximum atomic E-state index is 14.3. The Labute approximate surface area is 268 Å². The number of benzene rings is 2. The van der Waals surface area contributed by atoms with E-state index in [1.165, 1.54) is 18.2 Å². The maximum Gasteiger partial charge on any atom is 0.335 e. The summed E-state index contributed by atoms with van der Waals surface area (Å²) in [6.07, 6.45) is 3.74. The SMILES string of the molecule is CS(=O)(=O)CCn1c(=O)c(-c2cccc(F)c2Cl)cn(CC(=O)N2CCC(N3CCc4cc(C(=O)O)ccc4CC3=O)CC2)c1=O. The molecule has 0 spiro atoms. The molecule has 0 saturated carbocycles. The summed E-state index contributed by atoms with van der Waals surface area (Å²) in [7, 11) is -3.56. The smallest absolute Gasteiger partial charge is 0.335 e. The van der Waals surface area contributed by atoms with Crippen molar-refractivity contribution >= 4 is 39.2 Å². The van der Waals surface area contributed by atoms with Crippen molar-refractivity contribution in [1.82, 2.24) is 18.9 Å². The van der Waals surface area contributed by atoms with Gasteiger partial charge in [0.15, 0.2) is 0 Å². The fraction of sp³-hybridized carbons (Fsp3) is 0.387. The molecule has 15 heteroatoms. The molecule has 0 unspecified atom stereocenters. The lowest BCUT2D eigenvalue weighted by Crippen LogP contribution is -2.50. The molecule has 0 aliphatic carbocycles. The second-order valence-corrected chi connectivity index (χ2v) is 14.2. The number of piperidine rings is 1. The standard InChI is InChI=1S/C31H32ClFN4O8S/c1-46(44,45)14-13-37-29(40)24(23-3-2-4-25(33)28(23)32)17-35(31(37)43)18-27(39)34-10-8-22(9-11-34)36-12-7-20-15-21(30(41)42)6-5-19(20)16-26(36)38/h2-6,15,17,22H,7-14,16,18H2,1H3,(H,41,42). The highest BCUT2D eigenvalue weighted by atomic mass is 35.5. The van der Waals surface area contributed by atoms with Crippen molar-refractivity contribution < 1.29 is 32.3 Å². The Morgan fingerprint density at radius 3 is 2.41 bits per heavy atom. The van der Waals surface area contributed by atoms with E-state index in [1.54, 1.807) is 21.9 Å². The zero-order valence-electron chi connectivity index (χ0n) is 24.9. The molecule has 0 bridgehead atoms. The first-order valence-electron chi connectivity index (χ1n) is 14.6. The largest absolute Gasteiger partial charge is 0.478 e. The number of halogens is 2. The fourth-order valence-corrected chi connectivity index (χ4v) is 6.71. The lowest BCUT2D eigenvalue weighted by atomic mass is 10.00. The van der Waals surface area contributed by atoms with E-state index in [0.29, 0.717) is 43.5 Å². The number of amides is 2. The van der Waals surface area contributed by atoms with Gasteiger partial charge in [-0.3, -0.25) is 23.5 Å². The van der Waals surface area contributed by atoms with E-state index in [1.807, 2.05) is 0 Å². The molecule has 0 radical (unpaired) electrons. The van der Waals surface area contributed by atoms with Crippen LogP contribution in [0.5, 0.6) is 0 Å². The highest BCUT2D eigenvalue weighted by Crippen LogP contribution is 2.28. The van der Waals surface area contributed by atoms with Gasteiger partial charge >= 0.3 is 11.7 Å². The monoisotopic (exact) mass is 674 g/mol. The molecule has 2 aliphatic rings. The Morgan fingerprint density at radius 1 is 1.02 bits per heavy atom. The van der Waals surface area contributed by atoms with Crippen LogP contribution in [0.1, 0.15) is 34.3 Å². The zero-order chi connectivity index (χ0) is 33.3. The van der Waals surface area contributed by atoms with Crippen LogP contribution in [-0.2, 0) is 45.4 Å². The van der Waals surface area contributed by atoms with Crippen LogP contribution in [0, 0.1) is 5.82 Å². The van der Waals surface area contributed by atoms with Gasteiger partial charge in [-0.05, 0) is 48.6 Å². The van der Waals surface area contributed by atoms with Gasteiger partial charge < -0.3 is 14.9 Å². The number of hydrogen-bond acceptors (Lipinski definition) is 7. The number of aromatic carboxylic acids is 1. The lowest BCUT2D eigenvalue weighted by Gasteiger charge is -2.38. The Kier molecular flexibility index (Phi) is 9.49. The molecule has 2 aliphatic heterocycles. The molecule has 5 rings (SSSR count). The van der Waals surface area contributed by atoms with E-state index in [4.69, 9.17) is 11.6 Å². The molecular formula is C31H32ClFN4O8S. The second kappa shape index (κ2) is 13.2. The third kappa shape index (κ3) is 7.07. The number of aromatic nitrogens is 2. The quantitative estimate of drug-likeness (QED) is 0.380. The summed E-state index contributed by atoms with van der Waals surface area (Å²) in [6, 6.07) is 8.47. The normalized spacial score (nSPS) is 15.8. The van der Waals surface area contributed by atoms with Crippen LogP contribution in [0.15, 0.2) is 52.2 Å². The highest BCUT2D eigenvalue weighted by molar-refractivity contribution is 7.90. The van der Waals surface area contributed by atoms with Crippen LogP contribution < -0.4 is 11.2 Å². The molecule has 244 valence electrons. The Bertz CT molecular complexity index is 1950. The fourth-order valence-electron chi connectivity index (χ4n) is 5.97. The third-order valence-electron chi connectivity index (χ3n) is 8.47. The highest BCUT2D eigenvalue weighted by Gasteiger charge is 2.32. The van der Waals surface area contributed by atoms with Gasteiger partial charge in [-0.1, -0.05) is 29.8 Å². The number of nitrogens with zero attached hydrogens (tertiary/aromatic N) is 4. The molecule has 1 fully saturated rings. The predicted octanol–water partition coefficient (Wildman–Crippen LogP) is 1.83. The van der Waals surface area contributed by atoms with E-state index >= 15 is 0 Å². The first kappa shape index (κ1) is 33.1. The van der Waals surface area contributed by atoms with Gasteiger partial charge in [0.25, 0.3) is 5.56 Å². The topological polar surface area (TPSA) is 156 Å². The number of likely N-dealkylation sites (tertiary alicyclic amines) is 1. The number of carboxylic acid groups (broad SMARTS) is 1. The number of rotatable bonds is 8. The summed E-state index contributed by atoms with van der Waals surface area (Å²) in [5.41, 5.74) is -0.144. The summed E-state index contributed by atoms with van der Waals surface area (Å²) >= 11 is 6.13. The van der Waals surface area contributed by atoms with E-state index in [2.05, 4.69) is 0 Å². The number of fused-ring (bicyclic) bond motifs is 1. The molecule has 2 amide bonds. The molecule has 1 saturated heterocycles. The molecule has 3 heterocycles. The van der Waals surface area contributed by atoms with Gasteiger partial charge in [-0.2, -0.15) is 0 Å². The van der Waals surface area contributed by atoms with E-state index < -0.39 is 57.6 Å². The van der Waals surface area contributed by atoms with E-state index in [9.17, 15) is 41.9 Å². The molecule has 3 aromatic rings. The van der Waals surface area contributed by atoms with E-state index in [-0.39, 0.29) is 40.1 Å². The molecular weight excluding hydrogens is 643 g/mol. The minimum absolute atomic E-state index is 0.00904. The predicted molar refractivity (Wildman–Crippen MR) is 167 cm³/mol. The van der Waals surface area contributed by atoms with Gasteiger partial charge in [0, 0.05) is 50.2 Å². The summed E-state index contributed by atoms with van der Waals surface area (Å²) in [5, 5.41) is 8.96. The molecule has 0 atom stereocenters. The Morgan fingerprint density at radius 2 is 1.74 bits per heavy atom. The Hall–Kier alpha value is -4.30. The van der Waals surface area contributed by atoms with Crippen molar-refractivity contribution in [3.63, 3.8) is 0 Å². The van der Waals surface area contributed by atoms with Crippen molar-refractivity contribution in [2.75, 3.05) is 31.6 Å². The van der Waals surface area contributed by atoms with Gasteiger partial charge in [0.2, 0.25) is 11.8 Å². The minimum atomic E-state index is -3.56. The zero-order valence-corrected chi connectivity index (χ0v) is 26.5. The van der Waals surface area contributed by atoms with Gasteiger partial charge in [0.1, 0.15) is 22.2 Å². The number of hydrogen-bond donors (Lipinski definition) is 1. The van der Waals surface area contributed by atoms with Crippen LogP contribution >= 0.6 is 11.6 Å². The van der Waals surface area contributed by atoms with Gasteiger partial charge in [-0.25, -0.2) is 22.4 Å². The average molecular weight is 675 g/mol. The summed E-state index contributed by atoms with van der Waals surface area (Å²) in [5.74, 6) is -2.84. The first-order chi connectivity index (χ1) is 21.7. The van der Waals surface area contributed by atoms with Crippen LogP contribution in [-0.4, -0.2) is 87.9 Å². The molecule has 12 nitrogen and oxygen atoms in total. The minimum Gasteiger partial charge on any atom is -0.478 e. The molecule has 1 N–H and O–H groups in total. The van der Waals surface area contributed by atoms with Crippen LogP contribution in [0.4, 0.5) is 4.39 Å². The van der Waals surface area contributed by atoms with Gasteiger partial charge in [-0.15, -0.1) is 0 Å². The van der Waals surface area contributed by atoms with Crippen molar-refractivity contribution in [1.29, 1.82) is 0 Å². The molecule has 46 heavy (non-hydrogen) atoms. The molecule has 1 aromatic heterocycles. The average Bonchev–Trinajstić information content (AvgIpc) is 3.17. The third-order valence-corrected chi connectivity index (χ3v) is 9.77. The molecule has 2 aromatic carbocycles. The summed E-state index contributed by atoms with van der Waals surface area (Å²) in [4.78, 5) is 67.9. The summed E-state index contributed by atoms with van der Waals surface area (Å²) in [6.45, 7) is 0.0842. The summed E-state index contributed by atoms with van der Waals surface area (Å²) < 4.78 is 39.6. The van der Waals surface area contributed by atoms with Crippen LogP contribution in [0.3, 0.4) is 0 Å². The van der Waals surface area contributed by atoms with Crippen LogP contribution in [0.25, 0.3) is 11.1 Å². The number of sulfone groups is 1.